The van der Waals surface area contributed by atoms with Gasteiger partial charge in [-0.3, -0.25) is 9.78 Å². The van der Waals surface area contributed by atoms with Crippen molar-refractivity contribution in [2.75, 3.05) is 18.8 Å². The number of rotatable bonds is 6. The van der Waals surface area contributed by atoms with E-state index in [0.29, 0.717) is 25.9 Å². The van der Waals surface area contributed by atoms with Crippen molar-refractivity contribution >= 4 is 15.9 Å². The summed E-state index contributed by atoms with van der Waals surface area (Å²) in [5, 5.41) is 2.91. The molecule has 2 aliphatic rings. The number of hydrogen-bond donors (Lipinski definition) is 1. The van der Waals surface area contributed by atoms with E-state index in [0.717, 1.165) is 5.56 Å². The van der Waals surface area contributed by atoms with Gasteiger partial charge in [0.1, 0.15) is 0 Å². The van der Waals surface area contributed by atoms with E-state index in [2.05, 4.69) is 10.3 Å². The monoisotopic (exact) mass is 353 g/mol. The average molecular weight is 353 g/mol. The van der Waals surface area contributed by atoms with E-state index < -0.39 is 10.0 Å². The van der Waals surface area contributed by atoms with Crippen LogP contribution in [0.2, 0.25) is 0 Å². The summed E-state index contributed by atoms with van der Waals surface area (Å²) in [6.07, 6.45) is 4.01. The lowest BCUT2D eigenvalue weighted by molar-refractivity contribution is -0.127. The molecule has 8 heteroatoms. The summed E-state index contributed by atoms with van der Waals surface area (Å²) in [6.45, 7) is 2.88. The first kappa shape index (κ1) is 17.3. The van der Waals surface area contributed by atoms with E-state index >= 15 is 0 Å². The average Bonchev–Trinajstić information content (AvgIpc) is 2.87. The lowest BCUT2D eigenvalue weighted by Crippen LogP contribution is -2.48. The van der Waals surface area contributed by atoms with Crippen LogP contribution in [0.3, 0.4) is 0 Å². The van der Waals surface area contributed by atoms with Crippen LogP contribution in [0.4, 0.5) is 0 Å². The maximum absolute atomic E-state index is 12.5. The number of carbonyl (C=O) groups is 1. The number of pyridine rings is 1. The van der Waals surface area contributed by atoms with Crippen LogP contribution in [0.15, 0.2) is 24.5 Å². The van der Waals surface area contributed by atoms with Crippen LogP contribution in [0.1, 0.15) is 25.3 Å². The van der Waals surface area contributed by atoms with E-state index in [1.54, 1.807) is 12.4 Å². The molecule has 0 spiro atoms. The summed E-state index contributed by atoms with van der Waals surface area (Å²) in [5.41, 5.74) is 0.930. The van der Waals surface area contributed by atoms with Gasteiger partial charge in [-0.05, 0) is 24.5 Å². The number of hydrogen-bond acceptors (Lipinski definition) is 5. The van der Waals surface area contributed by atoms with Gasteiger partial charge in [-0.1, -0.05) is 13.0 Å². The highest BCUT2D eigenvalue weighted by molar-refractivity contribution is 7.89. The molecule has 0 unspecified atom stereocenters. The molecule has 1 aromatic heterocycles. The number of carbonyl (C=O) groups excluding carboxylic acids is 1. The first-order valence-electron chi connectivity index (χ1n) is 8.29. The number of sulfonamides is 1. The number of amides is 1. The van der Waals surface area contributed by atoms with Crippen molar-refractivity contribution in [1.29, 1.82) is 0 Å². The number of nitrogens with zero attached hydrogens (tertiary/aromatic N) is 2. The first-order chi connectivity index (χ1) is 11.5. The Hall–Kier alpha value is -1.51. The summed E-state index contributed by atoms with van der Waals surface area (Å²) < 4.78 is 31.8. The Morgan fingerprint density at radius 3 is 3.00 bits per heavy atom. The first-order valence-corrected chi connectivity index (χ1v) is 9.90. The molecule has 1 aromatic rings. The van der Waals surface area contributed by atoms with Crippen LogP contribution in [-0.2, 0) is 26.1 Å². The molecule has 0 aromatic carbocycles. The third kappa shape index (κ3) is 3.76. The zero-order valence-corrected chi connectivity index (χ0v) is 14.5. The fourth-order valence-electron chi connectivity index (χ4n) is 3.34. The van der Waals surface area contributed by atoms with Crippen molar-refractivity contribution in [2.45, 2.75) is 38.5 Å². The quantitative estimate of drug-likeness (QED) is 0.806. The molecule has 0 radical (unpaired) electrons. The van der Waals surface area contributed by atoms with Gasteiger partial charge in [0.2, 0.25) is 15.9 Å². The molecule has 0 aliphatic carbocycles. The molecule has 3 atom stereocenters. The minimum atomic E-state index is -3.25. The number of nitrogens with one attached hydrogen (secondary N) is 1. The van der Waals surface area contributed by atoms with E-state index in [1.165, 1.54) is 4.31 Å². The van der Waals surface area contributed by atoms with Crippen LogP contribution in [0, 0.1) is 5.92 Å². The Morgan fingerprint density at radius 1 is 1.46 bits per heavy atom. The molecule has 3 heterocycles. The topological polar surface area (TPSA) is 88.6 Å². The summed E-state index contributed by atoms with van der Waals surface area (Å²) in [6, 6.07) is 3.72. The third-order valence-corrected chi connectivity index (χ3v) is 6.51. The summed E-state index contributed by atoms with van der Waals surface area (Å²) in [4.78, 5) is 16.5. The lowest BCUT2D eigenvalue weighted by Gasteiger charge is -2.31. The highest BCUT2D eigenvalue weighted by Crippen LogP contribution is 2.33. The van der Waals surface area contributed by atoms with Crippen LogP contribution in [0.5, 0.6) is 0 Å². The van der Waals surface area contributed by atoms with E-state index in [1.807, 2.05) is 19.1 Å². The van der Waals surface area contributed by atoms with Gasteiger partial charge in [0.05, 0.1) is 23.9 Å². The van der Waals surface area contributed by atoms with Gasteiger partial charge in [0, 0.05) is 32.0 Å². The zero-order chi connectivity index (χ0) is 17.2. The molecule has 1 N–H and O–H groups in total. The number of morpholine rings is 1. The third-order valence-electron chi connectivity index (χ3n) is 4.51. The van der Waals surface area contributed by atoms with Crippen molar-refractivity contribution in [2.24, 2.45) is 5.92 Å². The van der Waals surface area contributed by atoms with E-state index in [-0.39, 0.29) is 36.3 Å². The van der Waals surface area contributed by atoms with Crippen LogP contribution < -0.4 is 5.32 Å². The second kappa shape index (κ2) is 7.16. The standard InChI is InChI=1S/C16H23N3O4S/c1-2-6-24(21,22)19-10-13-7-14(15(11-19)23-13)16(20)18-9-12-4-3-5-17-8-12/h3-5,8,13-15H,2,6-7,9-11H2,1H3,(H,18,20)/t13-,14+,15-/m1/s1. The summed E-state index contributed by atoms with van der Waals surface area (Å²) in [5.74, 6) is -0.237. The normalized spacial score (nSPS) is 27.1. The molecule has 7 nitrogen and oxygen atoms in total. The molecule has 3 rings (SSSR count). The van der Waals surface area contributed by atoms with Crippen molar-refractivity contribution < 1.29 is 17.9 Å². The lowest BCUT2D eigenvalue weighted by atomic mass is 9.99. The summed E-state index contributed by atoms with van der Waals surface area (Å²) in [7, 11) is -3.25. The number of fused-ring (bicyclic) bond motifs is 2. The number of aromatic nitrogens is 1. The maximum Gasteiger partial charge on any atom is 0.226 e. The van der Waals surface area contributed by atoms with Crippen molar-refractivity contribution in [3.63, 3.8) is 0 Å². The molecule has 1 amide bonds. The molecular formula is C16H23N3O4S. The molecule has 2 aliphatic heterocycles. The Morgan fingerprint density at radius 2 is 2.29 bits per heavy atom. The van der Waals surface area contributed by atoms with Gasteiger partial charge in [-0.15, -0.1) is 0 Å². The second-order valence-corrected chi connectivity index (χ2v) is 8.44. The molecule has 2 fully saturated rings. The highest BCUT2D eigenvalue weighted by Gasteiger charge is 2.46. The Kier molecular flexibility index (Phi) is 5.17. The van der Waals surface area contributed by atoms with Gasteiger partial charge >= 0.3 is 0 Å². The Bertz CT molecular complexity index is 680. The fourth-order valence-corrected chi connectivity index (χ4v) is 4.88. The van der Waals surface area contributed by atoms with Crippen molar-refractivity contribution in [3.05, 3.63) is 30.1 Å². The van der Waals surface area contributed by atoms with Crippen molar-refractivity contribution in [1.82, 2.24) is 14.6 Å². The molecule has 24 heavy (non-hydrogen) atoms. The Balaban J connectivity index is 1.60. The fraction of sp³-hybridized carbons (Fsp3) is 0.625. The molecule has 132 valence electrons. The minimum Gasteiger partial charge on any atom is -0.371 e. The maximum atomic E-state index is 12.5. The van der Waals surface area contributed by atoms with Gasteiger partial charge < -0.3 is 10.1 Å². The summed E-state index contributed by atoms with van der Waals surface area (Å²) >= 11 is 0. The van der Waals surface area contributed by atoms with Crippen LogP contribution >= 0.6 is 0 Å². The van der Waals surface area contributed by atoms with Gasteiger partial charge in [0.15, 0.2) is 0 Å². The number of ether oxygens (including phenoxy) is 1. The predicted octanol–water partition coefficient (Wildman–Crippen LogP) is 0.527. The minimum absolute atomic E-state index is 0.0823. The van der Waals surface area contributed by atoms with Gasteiger partial charge in [-0.25, -0.2) is 8.42 Å². The zero-order valence-electron chi connectivity index (χ0n) is 13.7. The smallest absolute Gasteiger partial charge is 0.226 e. The molecule has 0 saturated carbocycles. The SMILES string of the molecule is CCCS(=O)(=O)N1C[C@H]2C[C@H](C(=O)NCc3cccnc3)[C@@H](C1)O2. The second-order valence-electron chi connectivity index (χ2n) is 6.35. The Labute approximate surface area is 142 Å². The largest absolute Gasteiger partial charge is 0.371 e. The highest BCUT2D eigenvalue weighted by atomic mass is 32.2. The van der Waals surface area contributed by atoms with Gasteiger partial charge in [0.25, 0.3) is 0 Å². The van der Waals surface area contributed by atoms with Crippen LogP contribution in [0.25, 0.3) is 0 Å². The molecular weight excluding hydrogens is 330 g/mol. The van der Waals surface area contributed by atoms with Crippen molar-refractivity contribution in [3.8, 4) is 0 Å². The van der Waals surface area contributed by atoms with E-state index in [9.17, 15) is 13.2 Å². The van der Waals surface area contributed by atoms with E-state index in [4.69, 9.17) is 4.74 Å². The molecule has 2 saturated heterocycles. The van der Waals surface area contributed by atoms with Gasteiger partial charge in [-0.2, -0.15) is 4.31 Å². The predicted molar refractivity (Wildman–Crippen MR) is 88.5 cm³/mol. The molecule has 2 bridgehead atoms. The van der Waals surface area contributed by atoms with Crippen LogP contribution in [-0.4, -0.2) is 54.7 Å².